The molecule has 3 aromatic heterocycles. The summed E-state index contributed by atoms with van der Waals surface area (Å²) in [4.78, 5) is 16.2. The number of hydrogen-bond donors (Lipinski definition) is 1. The van der Waals surface area contributed by atoms with Gasteiger partial charge in [0.05, 0.1) is 41.2 Å². The quantitative estimate of drug-likeness (QED) is 0.409. The first-order valence-corrected chi connectivity index (χ1v) is 13.0. The highest BCUT2D eigenvalue weighted by Gasteiger charge is 2.54. The van der Waals surface area contributed by atoms with E-state index in [2.05, 4.69) is 38.4 Å². The lowest BCUT2D eigenvalue weighted by Gasteiger charge is -2.58. The number of likely N-dealkylation sites (tertiary alicyclic amines) is 1. The molecule has 0 bridgehead atoms. The van der Waals surface area contributed by atoms with Gasteiger partial charge in [0.1, 0.15) is 0 Å². The van der Waals surface area contributed by atoms with Crippen LogP contribution < -0.4 is 4.90 Å². The third-order valence-electron chi connectivity index (χ3n) is 8.62. The van der Waals surface area contributed by atoms with Crippen LogP contribution in [0.2, 0.25) is 5.02 Å². The zero-order valence-electron chi connectivity index (χ0n) is 21.3. The van der Waals surface area contributed by atoms with Crippen LogP contribution in [0.1, 0.15) is 41.4 Å². The molecule has 190 valence electrons. The van der Waals surface area contributed by atoms with Crippen molar-refractivity contribution in [2.45, 2.75) is 45.8 Å². The Morgan fingerprint density at radius 1 is 1.22 bits per heavy atom. The Hall–Kier alpha value is -3.59. The fraction of sp³-hybridized carbons (Fsp3) is 0.407. The molecule has 10 heteroatoms. The van der Waals surface area contributed by atoms with E-state index in [0.717, 1.165) is 83.1 Å². The topological polar surface area (TPSA) is 87.9 Å². The lowest BCUT2D eigenvalue weighted by Crippen LogP contribution is -2.63. The van der Waals surface area contributed by atoms with Crippen LogP contribution in [0, 0.1) is 19.3 Å². The molecule has 3 aliphatic rings. The summed E-state index contributed by atoms with van der Waals surface area (Å²) >= 11 is 7.02. The van der Waals surface area contributed by atoms with Crippen molar-refractivity contribution in [2.75, 3.05) is 18.0 Å². The summed E-state index contributed by atoms with van der Waals surface area (Å²) in [6, 6.07) is 2.34. The van der Waals surface area contributed by atoms with E-state index in [1.54, 1.807) is 0 Å². The maximum atomic E-state index is 12.0. The molecule has 0 atom stereocenters. The molecule has 1 saturated carbocycles. The van der Waals surface area contributed by atoms with Gasteiger partial charge in [0.2, 0.25) is 5.91 Å². The van der Waals surface area contributed by atoms with Gasteiger partial charge >= 0.3 is 0 Å². The van der Waals surface area contributed by atoms with Gasteiger partial charge in [-0.15, -0.1) is 0 Å². The van der Waals surface area contributed by atoms with Crippen molar-refractivity contribution in [3.63, 3.8) is 0 Å². The number of rotatable bonds is 4. The minimum atomic E-state index is 0.0234. The molecule has 1 spiro atoms. The van der Waals surface area contributed by atoms with Crippen molar-refractivity contribution >= 4 is 34.2 Å². The molecule has 2 aliphatic heterocycles. The number of anilines is 1. The van der Waals surface area contributed by atoms with Gasteiger partial charge in [0.15, 0.2) is 5.82 Å². The Kier molecular flexibility index (Phi) is 4.71. The van der Waals surface area contributed by atoms with Gasteiger partial charge in [-0.2, -0.15) is 15.3 Å². The molecule has 2 fully saturated rings. The van der Waals surface area contributed by atoms with Crippen LogP contribution in [-0.4, -0.2) is 53.7 Å². The van der Waals surface area contributed by atoms with E-state index in [1.165, 1.54) is 17.3 Å². The van der Waals surface area contributed by atoms with Crippen LogP contribution in [0.5, 0.6) is 0 Å². The number of aromatic amines is 1. The molecule has 9 nitrogen and oxygen atoms in total. The molecular weight excluding hydrogens is 488 g/mol. The third kappa shape index (κ3) is 3.16. The molecule has 1 N–H and O–H groups in total. The second-order valence-electron chi connectivity index (χ2n) is 11.0. The van der Waals surface area contributed by atoms with Crippen molar-refractivity contribution in [1.82, 2.24) is 34.7 Å². The molecule has 1 saturated heterocycles. The fourth-order valence-corrected chi connectivity index (χ4v) is 6.92. The number of aromatic nitrogens is 6. The minimum absolute atomic E-state index is 0.0234. The normalized spacial score (nSPS) is 18.4. The molecule has 1 amide bonds. The highest BCUT2D eigenvalue weighted by molar-refractivity contribution is 6.36. The first kappa shape index (κ1) is 22.6. The minimum Gasteiger partial charge on any atom is -0.344 e. The number of hydrogen-bond acceptors (Lipinski definition) is 5. The SMILES string of the molecule is C=CC(=O)N1CC2(CC(n3nc(N4Cc5cnn(C)c5C4)c(-c4c(Cl)c(C)cc5[nH]ncc45)c3C)C2)C1. The van der Waals surface area contributed by atoms with Gasteiger partial charge in [-0.3, -0.25) is 19.3 Å². The summed E-state index contributed by atoms with van der Waals surface area (Å²) < 4.78 is 4.16. The van der Waals surface area contributed by atoms with Gasteiger partial charge in [0, 0.05) is 59.9 Å². The number of H-pyrrole nitrogens is 1. The number of aryl methyl sites for hydroxylation is 2. The Morgan fingerprint density at radius 2 is 2.00 bits per heavy atom. The van der Waals surface area contributed by atoms with E-state index < -0.39 is 0 Å². The van der Waals surface area contributed by atoms with Crippen molar-refractivity contribution < 1.29 is 4.79 Å². The van der Waals surface area contributed by atoms with E-state index in [1.807, 2.05) is 42.0 Å². The average molecular weight is 517 g/mol. The van der Waals surface area contributed by atoms with Gasteiger partial charge in [0.25, 0.3) is 0 Å². The van der Waals surface area contributed by atoms with Gasteiger partial charge in [-0.05, 0) is 44.4 Å². The lowest BCUT2D eigenvalue weighted by atomic mass is 9.60. The highest BCUT2D eigenvalue weighted by atomic mass is 35.5. The number of nitrogens with one attached hydrogen (secondary N) is 1. The third-order valence-corrected chi connectivity index (χ3v) is 9.10. The molecular formula is C27H29ClN8O. The van der Waals surface area contributed by atoms with Crippen molar-refractivity contribution in [2.24, 2.45) is 12.5 Å². The molecule has 0 radical (unpaired) electrons. The number of carbonyl (C=O) groups is 1. The zero-order valence-corrected chi connectivity index (χ0v) is 22.0. The summed E-state index contributed by atoms with van der Waals surface area (Å²) in [6.07, 6.45) is 7.25. The number of halogens is 1. The Morgan fingerprint density at radius 3 is 2.73 bits per heavy atom. The summed E-state index contributed by atoms with van der Waals surface area (Å²) in [7, 11) is 1.99. The summed E-state index contributed by atoms with van der Waals surface area (Å²) in [5, 5.41) is 18.9. The maximum absolute atomic E-state index is 12.0. The zero-order chi connectivity index (χ0) is 25.6. The second kappa shape index (κ2) is 7.71. The van der Waals surface area contributed by atoms with Crippen LogP contribution >= 0.6 is 11.6 Å². The molecule has 4 aromatic rings. The number of amides is 1. The summed E-state index contributed by atoms with van der Waals surface area (Å²) in [6.45, 7) is 10.9. The Labute approximate surface area is 219 Å². The van der Waals surface area contributed by atoms with Crippen molar-refractivity contribution in [3.05, 3.63) is 58.7 Å². The molecule has 7 rings (SSSR count). The maximum Gasteiger partial charge on any atom is 0.245 e. The smallest absolute Gasteiger partial charge is 0.245 e. The van der Waals surface area contributed by atoms with Crippen LogP contribution in [-0.2, 0) is 24.9 Å². The second-order valence-corrected chi connectivity index (χ2v) is 11.4. The number of carbonyl (C=O) groups excluding carboxylic acids is 1. The van der Waals surface area contributed by atoms with E-state index >= 15 is 0 Å². The first-order chi connectivity index (χ1) is 17.8. The fourth-order valence-electron chi connectivity index (χ4n) is 6.67. The van der Waals surface area contributed by atoms with Crippen LogP contribution in [0.4, 0.5) is 5.82 Å². The van der Waals surface area contributed by atoms with E-state index in [9.17, 15) is 4.79 Å². The Bertz CT molecular complexity index is 1600. The average Bonchev–Trinajstić information content (AvgIpc) is 3.59. The van der Waals surface area contributed by atoms with Crippen LogP contribution in [0.25, 0.3) is 22.0 Å². The molecule has 5 heterocycles. The first-order valence-electron chi connectivity index (χ1n) is 12.7. The van der Waals surface area contributed by atoms with E-state index in [-0.39, 0.29) is 11.3 Å². The number of nitrogens with zero attached hydrogens (tertiary/aromatic N) is 7. The molecule has 37 heavy (non-hydrogen) atoms. The van der Waals surface area contributed by atoms with Crippen molar-refractivity contribution in [1.29, 1.82) is 0 Å². The largest absolute Gasteiger partial charge is 0.344 e. The standard InChI is InChI=1S/C27H29ClN8O/c1-5-22(37)35-13-27(14-35)7-18(8-27)36-16(3)23(24-19-10-29-31-20(19)6-15(2)25(24)28)26(32-36)34-11-17-9-30-33(4)21(17)12-34/h5-6,9-10,18H,1,7-8,11-14H2,2-4H3,(H,29,31). The lowest BCUT2D eigenvalue weighted by molar-refractivity contribution is -0.149. The van der Waals surface area contributed by atoms with E-state index in [4.69, 9.17) is 16.7 Å². The molecule has 1 aromatic carbocycles. The van der Waals surface area contributed by atoms with Crippen molar-refractivity contribution in [3.8, 4) is 11.1 Å². The van der Waals surface area contributed by atoms with Gasteiger partial charge < -0.3 is 9.80 Å². The predicted octanol–water partition coefficient (Wildman–Crippen LogP) is 4.30. The summed E-state index contributed by atoms with van der Waals surface area (Å²) in [5.41, 5.74) is 7.78. The van der Waals surface area contributed by atoms with Gasteiger partial charge in [-0.25, -0.2) is 0 Å². The van der Waals surface area contributed by atoms with Crippen LogP contribution in [0.3, 0.4) is 0 Å². The highest BCUT2D eigenvalue weighted by Crippen LogP contribution is 2.55. The molecule has 1 aliphatic carbocycles. The van der Waals surface area contributed by atoms with E-state index in [0.29, 0.717) is 6.04 Å². The summed E-state index contributed by atoms with van der Waals surface area (Å²) in [5.74, 6) is 0.969. The Balaban J connectivity index is 1.30. The predicted molar refractivity (Wildman–Crippen MR) is 142 cm³/mol. The van der Waals surface area contributed by atoms with Gasteiger partial charge in [-0.1, -0.05) is 18.2 Å². The van der Waals surface area contributed by atoms with Crippen LogP contribution in [0.15, 0.2) is 31.1 Å². The monoisotopic (exact) mass is 516 g/mol. The molecule has 0 unspecified atom stereocenters. The number of fused-ring (bicyclic) bond motifs is 2. The number of benzene rings is 1.